The lowest BCUT2D eigenvalue weighted by atomic mass is 10.1. The molecule has 0 saturated heterocycles. The third-order valence-electron chi connectivity index (χ3n) is 3.33. The zero-order valence-corrected chi connectivity index (χ0v) is 12.4. The number of carbonyl (C=O) groups is 1. The number of hydrogen-bond donors (Lipinski definition) is 2. The average molecular weight is 282 g/mol. The van der Waals surface area contributed by atoms with E-state index in [2.05, 4.69) is 22.8 Å². The van der Waals surface area contributed by atoms with Crippen LogP contribution in [0.2, 0.25) is 0 Å². The minimum atomic E-state index is 0.0762. The van der Waals surface area contributed by atoms with Gasteiger partial charge in [0.05, 0.1) is 0 Å². The van der Waals surface area contributed by atoms with E-state index >= 15 is 0 Å². The molecule has 2 aromatic rings. The Morgan fingerprint density at radius 1 is 0.952 bits per heavy atom. The summed E-state index contributed by atoms with van der Waals surface area (Å²) in [7, 11) is 1.92. The highest BCUT2D eigenvalue weighted by atomic mass is 16.1. The maximum atomic E-state index is 11.9. The van der Waals surface area contributed by atoms with Crippen LogP contribution in [0.3, 0.4) is 0 Å². The summed E-state index contributed by atoms with van der Waals surface area (Å²) in [5.74, 6) is 0.0762. The molecule has 2 rings (SSSR count). The third kappa shape index (κ3) is 5.40. The predicted molar refractivity (Wildman–Crippen MR) is 87.2 cm³/mol. The molecule has 0 atom stereocenters. The normalized spacial score (nSPS) is 10.3. The SMILES string of the molecule is CNCc1ccc(NC(=O)CCCc2ccccc2)cc1. The van der Waals surface area contributed by atoms with Crippen molar-refractivity contribution in [3.8, 4) is 0 Å². The van der Waals surface area contributed by atoms with Gasteiger partial charge in [-0.25, -0.2) is 0 Å². The number of nitrogens with one attached hydrogen (secondary N) is 2. The largest absolute Gasteiger partial charge is 0.326 e. The van der Waals surface area contributed by atoms with Crippen LogP contribution in [0.15, 0.2) is 54.6 Å². The molecule has 3 heteroatoms. The van der Waals surface area contributed by atoms with Crippen molar-refractivity contribution in [3.63, 3.8) is 0 Å². The number of rotatable bonds is 7. The number of amides is 1. The van der Waals surface area contributed by atoms with Gasteiger partial charge in [-0.2, -0.15) is 0 Å². The highest BCUT2D eigenvalue weighted by Gasteiger charge is 2.03. The van der Waals surface area contributed by atoms with E-state index in [0.717, 1.165) is 25.1 Å². The number of carbonyl (C=O) groups excluding carboxylic acids is 1. The lowest BCUT2D eigenvalue weighted by molar-refractivity contribution is -0.116. The van der Waals surface area contributed by atoms with Crippen LogP contribution in [-0.2, 0) is 17.8 Å². The summed E-state index contributed by atoms with van der Waals surface area (Å²) >= 11 is 0. The third-order valence-corrected chi connectivity index (χ3v) is 3.33. The Bertz CT molecular complexity index is 549. The number of hydrogen-bond acceptors (Lipinski definition) is 2. The first kappa shape index (κ1) is 15.3. The predicted octanol–water partition coefficient (Wildman–Crippen LogP) is 3.37. The lowest BCUT2D eigenvalue weighted by Gasteiger charge is -2.07. The van der Waals surface area contributed by atoms with Crippen molar-refractivity contribution in [3.05, 3.63) is 65.7 Å². The fourth-order valence-electron chi connectivity index (χ4n) is 2.23. The molecule has 0 unspecified atom stereocenters. The Hall–Kier alpha value is -2.13. The molecule has 0 aliphatic carbocycles. The Morgan fingerprint density at radius 3 is 2.33 bits per heavy atom. The van der Waals surface area contributed by atoms with Crippen molar-refractivity contribution in [1.82, 2.24) is 5.32 Å². The van der Waals surface area contributed by atoms with Crippen molar-refractivity contribution in [2.45, 2.75) is 25.8 Å². The maximum absolute atomic E-state index is 11.9. The maximum Gasteiger partial charge on any atom is 0.224 e. The molecule has 0 aliphatic heterocycles. The van der Waals surface area contributed by atoms with E-state index in [0.29, 0.717) is 6.42 Å². The topological polar surface area (TPSA) is 41.1 Å². The van der Waals surface area contributed by atoms with Gasteiger partial charge in [0.15, 0.2) is 0 Å². The van der Waals surface area contributed by atoms with Crippen LogP contribution in [0, 0.1) is 0 Å². The van der Waals surface area contributed by atoms with Gasteiger partial charge in [-0.3, -0.25) is 4.79 Å². The fourth-order valence-corrected chi connectivity index (χ4v) is 2.23. The van der Waals surface area contributed by atoms with E-state index in [1.807, 2.05) is 49.5 Å². The molecule has 3 nitrogen and oxygen atoms in total. The fraction of sp³-hybridized carbons (Fsp3) is 0.278. The van der Waals surface area contributed by atoms with Crippen LogP contribution in [0.5, 0.6) is 0 Å². The van der Waals surface area contributed by atoms with Gasteiger partial charge in [0.25, 0.3) is 0 Å². The standard InChI is InChI=1S/C18H22N2O/c1-19-14-16-10-12-17(13-11-16)20-18(21)9-5-8-15-6-3-2-4-7-15/h2-4,6-7,10-13,19H,5,8-9,14H2,1H3,(H,20,21). The van der Waals surface area contributed by atoms with E-state index in [-0.39, 0.29) is 5.91 Å². The Kier molecular flexibility index (Phi) is 5.98. The van der Waals surface area contributed by atoms with Crippen LogP contribution >= 0.6 is 0 Å². The highest BCUT2D eigenvalue weighted by Crippen LogP contribution is 2.11. The van der Waals surface area contributed by atoms with Gasteiger partial charge in [0.2, 0.25) is 5.91 Å². The molecule has 21 heavy (non-hydrogen) atoms. The first-order chi connectivity index (χ1) is 10.3. The molecule has 2 N–H and O–H groups in total. The second-order valence-electron chi connectivity index (χ2n) is 5.11. The van der Waals surface area contributed by atoms with Gasteiger partial charge in [0.1, 0.15) is 0 Å². The quantitative estimate of drug-likeness (QED) is 0.817. The molecule has 1 amide bonds. The lowest BCUT2D eigenvalue weighted by Crippen LogP contribution is -2.11. The Labute approximate surface area is 126 Å². The Balaban J connectivity index is 1.74. The van der Waals surface area contributed by atoms with Crippen molar-refractivity contribution >= 4 is 11.6 Å². The minimum absolute atomic E-state index is 0.0762. The van der Waals surface area contributed by atoms with E-state index in [9.17, 15) is 4.79 Å². The van der Waals surface area contributed by atoms with Gasteiger partial charge >= 0.3 is 0 Å². The van der Waals surface area contributed by atoms with Crippen LogP contribution in [0.25, 0.3) is 0 Å². The molecule has 0 saturated carbocycles. The second-order valence-corrected chi connectivity index (χ2v) is 5.11. The molecule has 0 fully saturated rings. The molecule has 0 bridgehead atoms. The molecule has 0 heterocycles. The van der Waals surface area contributed by atoms with E-state index in [1.165, 1.54) is 11.1 Å². The number of anilines is 1. The van der Waals surface area contributed by atoms with Gasteiger partial charge in [-0.1, -0.05) is 42.5 Å². The van der Waals surface area contributed by atoms with Crippen LogP contribution in [0.4, 0.5) is 5.69 Å². The zero-order chi connectivity index (χ0) is 14.9. The smallest absolute Gasteiger partial charge is 0.224 e. The minimum Gasteiger partial charge on any atom is -0.326 e. The van der Waals surface area contributed by atoms with Crippen molar-refractivity contribution < 1.29 is 4.79 Å². The van der Waals surface area contributed by atoms with Crippen molar-refractivity contribution in [1.29, 1.82) is 0 Å². The van der Waals surface area contributed by atoms with E-state index in [4.69, 9.17) is 0 Å². The molecular weight excluding hydrogens is 260 g/mol. The van der Waals surface area contributed by atoms with E-state index in [1.54, 1.807) is 0 Å². The van der Waals surface area contributed by atoms with Crippen LogP contribution in [-0.4, -0.2) is 13.0 Å². The molecule has 0 spiro atoms. The van der Waals surface area contributed by atoms with Gasteiger partial charge in [-0.05, 0) is 43.1 Å². The molecule has 0 radical (unpaired) electrons. The highest BCUT2D eigenvalue weighted by molar-refractivity contribution is 5.90. The second kappa shape index (κ2) is 8.22. The van der Waals surface area contributed by atoms with Crippen LogP contribution < -0.4 is 10.6 Å². The van der Waals surface area contributed by atoms with E-state index < -0.39 is 0 Å². The summed E-state index contributed by atoms with van der Waals surface area (Å²) in [6.45, 7) is 0.839. The molecule has 0 aromatic heterocycles. The summed E-state index contributed by atoms with van der Waals surface area (Å²) < 4.78 is 0. The summed E-state index contributed by atoms with van der Waals surface area (Å²) in [6, 6.07) is 18.2. The van der Waals surface area contributed by atoms with Crippen molar-refractivity contribution in [2.75, 3.05) is 12.4 Å². The molecule has 0 aliphatic rings. The first-order valence-corrected chi connectivity index (χ1v) is 7.35. The van der Waals surface area contributed by atoms with Crippen molar-refractivity contribution in [2.24, 2.45) is 0 Å². The Morgan fingerprint density at radius 2 is 1.67 bits per heavy atom. The van der Waals surface area contributed by atoms with Gasteiger partial charge in [-0.15, -0.1) is 0 Å². The average Bonchev–Trinajstić information content (AvgIpc) is 2.51. The summed E-state index contributed by atoms with van der Waals surface area (Å²) in [4.78, 5) is 11.9. The first-order valence-electron chi connectivity index (χ1n) is 7.35. The number of aryl methyl sites for hydroxylation is 1. The van der Waals surface area contributed by atoms with Gasteiger partial charge in [0, 0.05) is 18.7 Å². The summed E-state index contributed by atoms with van der Waals surface area (Å²) in [5.41, 5.74) is 3.35. The molecule has 110 valence electrons. The van der Waals surface area contributed by atoms with Crippen LogP contribution in [0.1, 0.15) is 24.0 Å². The monoisotopic (exact) mass is 282 g/mol. The summed E-state index contributed by atoms with van der Waals surface area (Å²) in [5, 5.41) is 6.04. The van der Waals surface area contributed by atoms with Gasteiger partial charge < -0.3 is 10.6 Å². The number of benzene rings is 2. The molecular formula is C18H22N2O. The zero-order valence-electron chi connectivity index (χ0n) is 12.4. The summed E-state index contributed by atoms with van der Waals surface area (Å²) in [6.07, 6.45) is 2.36. The molecule has 2 aromatic carbocycles.